The number of anilines is 2. The summed E-state index contributed by atoms with van der Waals surface area (Å²) < 4.78 is 11.0. The number of hydroxylamine groups is 1. The molecule has 0 N–H and O–H groups in total. The van der Waals surface area contributed by atoms with Gasteiger partial charge in [0.05, 0.1) is 31.6 Å². The number of benzene rings is 3. The third kappa shape index (κ3) is 3.50. The van der Waals surface area contributed by atoms with Crippen molar-refractivity contribution in [3.8, 4) is 11.5 Å². The minimum absolute atomic E-state index is 0.339. The molecule has 0 unspecified atom stereocenters. The molecule has 0 aromatic heterocycles. The van der Waals surface area contributed by atoms with E-state index in [2.05, 4.69) is 0 Å². The summed E-state index contributed by atoms with van der Waals surface area (Å²) in [6.07, 6.45) is -0.967. The number of halogens is 1. The average Bonchev–Trinajstić information content (AvgIpc) is 3.35. The minimum Gasteiger partial charge on any atom is -0.497 e. The molecular weight excluding hydrogens is 444 g/mol. The Morgan fingerprint density at radius 3 is 2.24 bits per heavy atom. The molecule has 0 spiro atoms. The number of imide groups is 1. The number of carbonyl (C=O) groups is 2. The highest BCUT2D eigenvalue weighted by Crippen LogP contribution is 2.50. The third-order valence-electron chi connectivity index (χ3n) is 5.97. The van der Waals surface area contributed by atoms with Crippen molar-refractivity contribution in [2.45, 2.75) is 12.1 Å². The molecule has 0 bridgehead atoms. The van der Waals surface area contributed by atoms with Crippen LogP contribution in [-0.4, -0.2) is 32.1 Å². The van der Waals surface area contributed by atoms with Gasteiger partial charge in [0.25, 0.3) is 5.91 Å². The number of hydrogen-bond acceptors (Lipinski definition) is 6. The topological polar surface area (TPSA) is 68.3 Å². The summed E-state index contributed by atoms with van der Waals surface area (Å²) in [7, 11) is 3.13. The highest BCUT2D eigenvalue weighted by atomic mass is 35.5. The van der Waals surface area contributed by atoms with Crippen LogP contribution in [0.25, 0.3) is 0 Å². The lowest BCUT2D eigenvalue weighted by molar-refractivity contribution is -0.126. The smallest absolute Gasteiger partial charge is 0.266 e. The maximum absolute atomic E-state index is 13.7. The van der Waals surface area contributed by atoms with Crippen LogP contribution in [0.1, 0.15) is 11.6 Å². The number of nitrogens with zero attached hydrogens (tertiary/aromatic N) is 2. The van der Waals surface area contributed by atoms with Gasteiger partial charge < -0.3 is 9.47 Å². The molecule has 5 rings (SSSR count). The molecule has 168 valence electrons. The molecular formula is C25H21ClN2O5. The molecule has 3 atom stereocenters. The van der Waals surface area contributed by atoms with E-state index >= 15 is 0 Å². The van der Waals surface area contributed by atoms with Crippen LogP contribution in [0.5, 0.6) is 11.5 Å². The highest BCUT2D eigenvalue weighted by Gasteiger charge is 2.60. The summed E-state index contributed by atoms with van der Waals surface area (Å²) in [4.78, 5) is 34.4. The molecule has 2 aliphatic heterocycles. The van der Waals surface area contributed by atoms with E-state index in [0.29, 0.717) is 27.8 Å². The van der Waals surface area contributed by atoms with Gasteiger partial charge in [-0.15, -0.1) is 0 Å². The van der Waals surface area contributed by atoms with E-state index in [1.807, 2.05) is 36.4 Å². The summed E-state index contributed by atoms with van der Waals surface area (Å²) in [5, 5.41) is 2.15. The lowest BCUT2D eigenvalue weighted by Gasteiger charge is -2.29. The Bertz CT molecular complexity index is 1200. The number of fused-ring (bicyclic) bond motifs is 1. The zero-order valence-electron chi connectivity index (χ0n) is 18.0. The SMILES string of the molecule is COc1ccc([C@@H]2[C@@H]3C(=O)N(c4ccc(Cl)cc4)C(=O)[C@H]3ON2c2ccccc2)c(OC)c1. The number of para-hydroxylation sites is 1. The van der Waals surface area contributed by atoms with E-state index in [1.165, 1.54) is 4.90 Å². The number of ether oxygens (including phenoxy) is 2. The number of carbonyl (C=O) groups excluding carboxylic acids is 2. The van der Waals surface area contributed by atoms with E-state index in [4.69, 9.17) is 25.9 Å². The fourth-order valence-electron chi connectivity index (χ4n) is 4.44. The zero-order valence-corrected chi connectivity index (χ0v) is 18.7. The van der Waals surface area contributed by atoms with E-state index in [0.717, 1.165) is 5.69 Å². The lowest BCUT2D eigenvalue weighted by Crippen LogP contribution is -2.37. The van der Waals surface area contributed by atoms with Crippen molar-refractivity contribution in [3.63, 3.8) is 0 Å². The molecule has 7 nitrogen and oxygen atoms in total. The first-order chi connectivity index (χ1) is 16.0. The van der Waals surface area contributed by atoms with Gasteiger partial charge in [0.1, 0.15) is 17.4 Å². The zero-order chi connectivity index (χ0) is 23.1. The first kappa shape index (κ1) is 21.3. The minimum atomic E-state index is -0.967. The second kappa shape index (κ2) is 8.42. The van der Waals surface area contributed by atoms with Crippen LogP contribution in [0.4, 0.5) is 11.4 Å². The van der Waals surface area contributed by atoms with Crippen LogP contribution < -0.4 is 19.4 Å². The van der Waals surface area contributed by atoms with Gasteiger partial charge in [0, 0.05) is 16.7 Å². The van der Waals surface area contributed by atoms with Crippen molar-refractivity contribution in [1.82, 2.24) is 0 Å². The van der Waals surface area contributed by atoms with Crippen molar-refractivity contribution >= 4 is 34.8 Å². The van der Waals surface area contributed by atoms with Gasteiger partial charge in [-0.3, -0.25) is 14.4 Å². The molecule has 0 radical (unpaired) electrons. The van der Waals surface area contributed by atoms with Gasteiger partial charge in [-0.05, 0) is 48.5 Å². The van der Waals surface area contributed by atoms with E-state index in [1.54, 1.807) is 55.7 Å². The quantitative estimate of drug-likeness (QED) is 0.521. The molecule has 2 amide bonds. The predicted molar refractivity (Wildman–Crippen MR) is 124 cm³/mol. The standard InChI is InChI=1S/C25H21ClN2O5/c1-31-18-12-13-19(20(14-18)32-2)22-21-23(33-28(22)17-6-4-3-5-7-17)25(30)27(24(21)29)16-10-8-15(26)9-11-16/h3-14,21-23H,1-2H3/t21-,22+,23-/m0/s1. The molecule has 3 aromatic rings. The molecule has 33 heavy (non-hydrogen) atoms. The first-order valence-corrected chi connectivity index (χ1v) is 10.8. The summed E-state index contributed by atoms with van der Waals surface area (Å²) in [5.41, 5.74) is 1.90. The van der Waals surface area contributed by atoms with E-state index < -0.39 is 24.0 Å². The van der Waals surface area contributed by atoms with Gasteiger partial charge in [0.2, 0.25) is 5.91 Å². The summed E-state index contributed by atoms with van der Waals surface area (Å²) in [5.74, 6) is -0.365. The van der Waals surface area contributed by atoms with Crippen LogP contribution in [0.2, 0.25) is 5.02 Å². The Hall–Kier alpha value is -3.55. The molecule has 0 aliphatic carbocycles. The molecule has 3 aromatic carbocycles. The molecule has 2 heterocycles. The molecule has 8 heteroatoms. The van der Waals surface area contributed by atoms with Crippen molar-refractivity contribution in [3.05, 3.63) is 83.4 Å². The Kier molecular flexibility index (Phi) is 5.44. The number of amides is 2. The number of methoxy groups -OCH3 is 2. The van der Waals surface area contributed by atoms with Gasteiger partial charge in [0.15, 0.2) is 6.10 Å². The van der Waals surface area contributed by atoms with Crippen LogP contribution in [0.15, 0.2) is 72.8 Å². The normalized spacial score (nSPS) is 22.0. The van der Waals surface area contributed by atoms with Gasteiger partial charge in [-0.25, -0.2) is 9.96 Å². The van der Waals surface area contributed by atoms with Crippen LogP contribution in [0.3, 0.4) is 0 Å². The largest absolute Gasteiger partial charge is 0.497 e. The fourth-order valence-corrected chi connectivity index (χ4v) is 4.56. The van der Waals surface area contributed by atoms with Crippen LogP contribution in [0, 0.1) is 5.92 Å². The Morgan fingerprint density at radius 2 is 1.58 bits per heavy atom. The van der Waals surface area contributed by atoms with Crippen molar-refractivity contribution in [2.75, 3.05) is 24.2 Å². The van der Waals surface area contributed by atoms with Gasteiger partial charge >= 0.3 is 0 Å². The van der Waals surface area contributed by atoms with Gasteiger partial charge in [-0.2, -0.15) is 0 Å². The summed E-state index contributed by atoms with van der Waals surface area (Å²) >= 11 is 5.99. The van der Waals surface area contributed by atoms with E-state index in [9.17, 15) is 9.59 Å². The van der Waals surface area contributed by atoms with Crippen LogP contribution >= 0.6 is 11.6 Å². The fraction of sp³-hybridized carbons (Fsp3) is 0.200. The third-order valence-corrected chi connectivity index (χ3v) is 6.22. The first-order valence-electron chi connectivity index (χ1n) is 10.4. The molecule has 2 saturated heterocycles. The van der Waals surface area contributed by atoms with Gasteiger partial charge in [-0.1, -0.05) is 29.8 Å². The maximum Gasteiger partial charge on any atom is 0.266 e. The monoisotopic (exact) mass is 464 g/mol. The van der Waals surface area contributed by atoms with Crippen LogP contribution in [-0.2, 0) is 14.4 Å². The molecule has 2 fully saturated rings. The predicted octanol–water partition coefficient (Wildman–Crippen LogP) is 4.41. The molecule has 2 aliphatic rings. The number of rotatable bonds is 5. The van der Waals surface area contributed by atoms with Crippen molar-refractivity contribution < 1.29 is 23.9 Å². The summed E-state index contributed by atoms with van der Waals surface area (Å²) in [6.45, 7) is 0. The summed E-state index contributed by atoms with van der Waals surface area (Å²) in [6, 6.07) is 20.8. The highest BCUT2D eigenvalue weighted by molar-refractivity contribution is 6.31. The second-order valence-electron chi connectivity index (χ2n) is 7.75. The van der Waals surface area contributed by atoms with E-state index in [-0.39, 0.29) is 5.91 Å². The maximum atomic E-state index is 13.7. The van der Waals surface area contributed by atoms with Crippen molar-refractivity contribution in [1.29, 1.82) is 0 Å². The molecule has 0 saturated carbocycles. The Morgan fingerprint density at radius 1 is 0.848 bits per heavy atom. The number of hydrogen-bond donors (Lipinski definition) is 0. The lowest BCUT2D eigenvalue weighted by atomic mass is 9.90. The Labute approximate surface area is 196 Å². The Balaban J connectivity index is 1.62. The second-order valence-corrected chi connectivity index (χ2v) is 8.19. The van der Waals surface area contributed by atoms with Crippen molar-refractivity contribution in [2.24, 2.45) is 5.92 Å². The average molecular weight is 465 g/mol.